The third-order valence-corrected chi connectivity index (χ3v) is 2.45. The van der Waals surface area contributed by atoms with Crippen molar-refractivity contribution in [3.63, 3.8) is 0 Å². The van der Waals surface area contributed by atoms with Crippen LogP contribution in [0.5, 0.6) is 0 Å². The molecular weight excluding hydrogens is 178 g/mol. The van der Waals surface area contributed by atoms with Gasteiger partial charge in [0.15, 0.2) is 0 Å². The number of rotatable bonds is 2. The zero-order valence-electron chi connectivity index (χ0n) is 7.72. The number of ether oxygens (including phenoxy) is 1. The zero-order valence-corrected chi connectivity index (χ0v) is 8.53. The van der Waals surface area contributed by atoms with Crippen LogP contribution >= 0.6 is 12.4 Å². The Morgan fingerprint density at radius 1 is 1.58 bits per heavy atom. The first-order valence-corrected chi connectivity index (χ1v) is 3.92. The summed E-state index contributed by atoms with van der Waals surface area (Å²) in [5.74, 6) is 0.514. The second kappa shape index (κ2) is 4.10. The minimum absolute atomic E-state index is 0. The smallest absolute Gasteiger partial charge is 0.326 e. The van der Waals surface area contributed by atoms with Crippen molar-refractivity contribution in [3.8, 4) is 0 Å². The molecule has 1 aliphatic rings. The van der Waals surface area contributed by atoms with Gasteiger partial charge in [0.25, 0.3) is 0 Å². The molecule has 0 aromatic carbocycles. The topological polar surface area (TPSA) is 38.3 Å². The highest BCUT2D eigenvalue weighted by Gasteiger charge is 2.48. The fourth-order valence-corrected chi connectivity index (χ4v) is 1.80. The number of carbonyl (C=O) groups excluding carboxylic acids is 1. The summed E-state index contributed by atoms with van der Waals surface area (Å²) in [5, 5.41) is 3.02. The molecule has 1 fully saturated rings. The van der Waals surface area contributed by atoms with Crippen LogP contribution in [-0.2, 0) is 9.53 Å². The molecule has 0 aliphatic heterocycles. The quantitative estimate of drug-likeness (QED) is 0.665. The maximum Gasteiger partial charge on any atom is 0.326 e. The summed E-state index contributed by atoms with van der Waals surface area (Å²) in [4.78, 5) is 11.2. The summed E-state index contributed by atoms with van der Waals surface area (Å²) in [6.07, 6.45) is 1.80. The van der Waals surface area contributed by atoms with Crippen LogP contribution in [0.3, 0.4) is 0 Å². The van der Waals surface area contributed by atoms with Crippen molar-refractivity contribution in [2.24, 2.45) is 5.92 Å². The van der Waals surface area contributed by atoms with Gasteiger partial charge >= 0.3 is 5.97 Å². The van der Waals surface area contributed by atoms with Crippen molar-refractivity contribution in [3.05, 3.63) is 0 Å². The molecule has 0 heterocycles. The number of methoxy groups -OCH3 is 1. The van der Waals surface area contributed by atoms with Crippen LogP contribution in [0.25, 0.3) is 0 Å². The van der Waals surface area contributed by atoms with Crippen molar-refractivity contribution in [2.45, 2.75) is 25.3 Å². The molecule has 3 nitrogen and oxygen atoms in total. The van der Waals surface area contributed by atoms with E-state index >= 15 is 0 Å². The molecule has 0 aromatic heterocycles. The van der Waals surface area contributed by atoms with Gasteiger partial charge in [0, 0.05) is 0 Å². The van der Waals surface area contributed by atoms with E-state index in [2.05, 4.69) is 12.2 Å². The van der Waals surface area contributed by atoms with Gasteiger partial charge in [-0.05, 0) is 25.8 Å². The molecule has 0 saturated heterocycles. The van der Waals surface area contributed by atoms with Gasteiger partial charge in [-0.2, -0.15) is 0 Å². The molecule has 72 valence electrons. The van der Waals surface area contributed by atoms with E-state index in [4.69, 9.17) is 4.74 Å². The second-order valence-corrected chi connectivity index (χ2v) is 3.34. The number of halogens is 1. The molecule has 1 rings (SSSR count). The highest BCUT2D eigenvalue weighted by molar-refractivity contribution is 5.85. The SMILES string of the molecule is CNC1(C(=O)OC)CC(C)C1.Cl. The van der Waals surface area contributed by atoms with Gasteiger partial charge in [-0.1, -0.05) is 6.92 Å². The number of nitrogens with one attached hydrogen (secondary N) is 1. The van der Waals surface area contributed by atoms with Gasteiger partial charge in [-0.3, -0.25) is 4.79 Å². The molecular formula is C8H16ClNO2. The van der Waals surface area contributed by atoms with Crippen LogP contribution in [-0.4, -0.2) is 25.7 Å². The highest BCUT2D eigenvalue weighted by atomic mass is 35.5. The monoisotopic (exact) mass is 193 g/mol. The standard InChI is InChI=1S/C8H15NO2.ClH/c1-6-4-8(5-6,9-2)7(10)11-3;/h6,9H,4-5H2,1-3H3;1H. The zero-order chi connectivity index (χ0) is 8.48. The van der Waals surface area contributed by atoms with Crippen molar-refractivity contribution in [2.75, 3.05) is 14.2 Å². The van der Waals surface area contributed by atoms with Crippen LogP contribution in [0.1, 0.15) is 19.8 Å². The Balaban J connectivity index is 0.00000121. The van der Waals surface area contributed by atoms with Gasteiger partial charge in [0.05, 0.1) is 7.11 Å². The van der Waals surface area contributed by atoms with E-state index in [1.807, 2.05) is 7.05 Å². The van der Waals surface area contributed by atoms with Crippen LogP contribution in [0.4, 0.5) is 0 Å². The summed E-state index contributed by atoms with van der Waals surface area (Å²) in [7, 11) is 3.24. The fourth-order valence-electron chi connectivity index (χ4n) is 1.80. The van der Waals surface area contributed by atoms with E-state index in [1.54, 1.807) is 0 Å². The summed E-state index contributed by atoms with van der Waals surface area (Å²) in [6.45, 7) is 2.14. The van der Waals surface area contributed by atoms with Crippen LogP contribution in [0, 0.1) is 5.92 Å². The number of esters is 1. The van der Waals surface area contributed by atoms with Crippen LogP contribution < -0.4 is 5.32 Å². The Morgan fingerprint density at radius 2 is 2.08 bits per heavy atom. The minimum atomic E-state index is -0.367. The fraction of sp³-hybridized carbons (Fsp3) is 0.875. The molecule has 1 aliphatic carbocycles. The third kappa shape index (κ3) is 1.72. The summed E-state index contributed by atoms with van der Waals surface area (Å²) >= 11 is 0. The van der Waals surface area contributed by atoms with Gasteiger partial charge < -0.3 is 10.1 Å². The molecule has 4 heteroatoms. The van der Waals surface area contributed by atoms with Crippen molar-refractivity contribution in [1.29, 1.82) is 0 Å². The third-order valence-electron chi connectivity index (χ3n) is 2.45. The largest absolute Gasteiger partial charge is 0.468 e. The molecule has 0 radical (unpaired) electrons. The first kappa shape index (κ1) is 11.7. The molecule has 1 saturated carbocycles. The van der Waals surface area contributed by atoms with Gasteiger partial charge in [-0.25, -0.2) is 0 Å². The lowest BCUT2D eigenvalue weighted by molar-refractivity contribution is -0.154. The van der Waals surface area contributed by atoms with E-state index in [-0.39, 0.29) is 23.9 Å². The number of carbonyl (C=O) groups is 1. The van der Waals surface area contributed by atoms with Crippen molar-refractivity contribution in [1.82, 2.24) is 5.32 Å². The average molecular weight is 194 g/mol. The first-order chi connectivity index (χ1) is 5.14. The Bertz CT molecular complexity index is 166. The summed E-state index contributed by atoms with van der Waals surface area (Å²) in [6, 6.07) is 0. The Labute approximate surface area is 79.3 Å². The molecule has 0 aromatic rings. The average Bonchev–Trinajstić information content (AvgIpc) is 1.96. The Kier molecular flexibility index (Phi) is 4.00. The van der Waals surface area contributed by atoms with Gasteiger partial charge in [-0.15, -0.1) is 12.4 Å². The number of hydrogen-bond acceptors (Lipinski definition) is 3. The molecule has 1 N–H and O–H groups in total. The molecule has 0 bridgehead atoms. The van der Waals surface area contributed by atoms with Gasteiger partial charge in [0.2, 0.25) is 0 Å². The maximum atomic E-state index is 11.2. The summed E-state index contributed by atoms with van der Waals surface area (Å²) < 4.78 is 4.70. The van der Waals surface area contributed by atoms with E-state index in [1.165, 1.54) is 7.11 Å². The maximum absolute atomic E-state index is 11.2. The lowest BCUT2D eigenvalue weighted by atomic mass is 9.69. The Hall–Kier alpha value is -0.280. The minimum Gasteiger partial charge on any atom is -0.468 e. The molecule has 0 amide bonds. The Morgan fingerprint density at radius 3 is 2.33 bits per heavy atom. The number of likely N-dealkylation sites (N-methyl/N-ethyl adjacent to an activating group) is 1. The van der Waals surface area contributed by atoms with Crippen molar-refractivity contribution >= 4 is 18.4 Å². The predicted octanol–water partition coefficient (Wildman–Crippen LogP) is 0.969. The van der Waals surface area contributed by atoms with Crippen molar-refractivity contribution < 1.29 is 9.53 Å². The van der Waals surface area contributed by atoms with Gasteiger partial charge in [0.1, 0.15) is 5.54 Å². The molecule has 0 atom stereocenters. The van der Waals surface area contributed by atoms with Crippen LogP contribution in [0.2, 0.25) is 0 Å². The van der Waals surface area contributed by atoms with E-state index in [0.717, 1.165) is 12.8 Å². The van der Waals surface area contributed by atoms with E-state index < -0.39 is 0 Å². The van der Waals surface area contributed by atoms with E-state index in [9.17, 15) is 4.79 Å². The second-order valence-electron chi connectivity index (χ2n) is 3.34. The first-order valence-electron chi connectivity index (χ1n) is 3.92. The summed E-state index contributed by atoms with van der Waals surface area (Å²) in [5.41, 5.74) is -0.367. The number of hydrogen-bond donors (Lipinski definition) is 1. The lowest BCUT2D eigenvalue weighted by Gasteiger charge is -2.43. The van der Waals surface area contributed by atoms with Crippen LogP contribution in [0.15, 0.2) is 0 Å². The molecule has 12 heavy (non-hydrogen) atoms. The van der Waals surface area contributed by atoms with E-state index in [0.29, 0.717) is 5.92 Å². The normalized spacial score (nSPS) is 33.1. The molecule has 0 unspecified atom stereocenters. The highest BCUT2D eigenvalue weighted by Crippen LogP contribution is 2.37. The molecule has 0 spiro atoms. The predicted molar refractivity (Wildman–Crippen MR) is 49.5 cm³/mol. The lowest BCUT2D eigenvalue weighted by Crippen LogP contribution is -2.59.